The van der Waals surface area contributed by atoms with E-state index in [0.717, 1.165) is 12.8 Å². The first-order valence-corrected chi connectivity index (χ1v) is 6.89. The molecule has 2 rings (SSSR count). The van der Waals surface area contributed by atoms with Crippen molar-refractivity contribution in [3.8, 4) is 0 Å². The van der Waals surface area contributed by atoms with Gasteiger partial charge in [0.25, 0.3) is 0 Å². The van der Waals surface area contributed by atoms with Gasteiger partial charge in [-0.1, -0.05) is 0 Å². The highest BCUT2D eigenvalue weighted by molar-refractivity contribution is 5.75. The molecule has 0 aromatic rings. The zero-order valence-electron chi connectivity index (χ0n) is 11.2. The van der Waals surface area contributed by atoms with Crippen molar-refractivity contribution in [2.45, 2.75) is 50.2 Å². The molecule has 0 bridgehead atoms. The van der Waals surface area contributed by atoms with Gasteiger partial charge in [0.2, 0.25) is 5.91 Å². The lowest BCUT2D eigenvalue weighted by atomic mass is 10.1. The number of epoxide rings is 1. The van der Waals surface area contributed by atoms with Gasteiger partial charge in [-0.3, -0.25) is 4.79 Å². The van der Waals surface area contributed by atoms with E-state index >= 15 is 0 Å². The Hall–Kier alpha value is -0.770. The number of rotatable bonds is 8. The molecule has 5 N–H and O–H groups in total. The van der Waals surface area contributed by atoms with Crippen molar-refractivity contribution in [2.75, 3.05) is 19.7 Å². The second-order valence-electron chi connectivity index (χ2n) is 4.92. The van der Waals surface area contributed by atoms with Crippen LogP contribution in [0.1, 0.15) is 19.3 Å². The maximum absolute atomic E-state index is 11.4. The van der Waals surface area contributed by atoms with Gasteiger partial charge in [-0.2, -0.15) is 0 Å². The largest absolute Gasteiger partial charge is 0.387 e. The summed E-state index contributed by atoms with van der Waals surface area (Å²) in [5, 5.41) is 22.0. The lowest BCUT2D eigenvalue weighted by Gasteiger charge is -2.28. The number of hydrogen-bond donors (Lipinski definition) is 4. The van der Waals surface area contributed by atoms with Gasteiger partial charge in [0, 0.05) is 13.0 Å². The molecule has 5 atom stereocenters. The highest BCUT2D eigenvalue weighted by Crippen LogP contribution is 2.35. The second-order valence-corrected chi connectivity index (χ2v) is 4.92. The van der Waals surface area contributed by atoms with Crippen molar-refractivity contribution in [2.24, 2.45) is 5.73 Å². The van der Waals surface area contributed by atoms with Crippen LogP contribution in [0.25, 0.3) is 0 Å². The monoisotopic (exact) mass is 290 g/mol. The van der Waals surface area contributed by atoms with E-state index in [1.807, 2.05) is 0 Å². The quantitative estimate of drug-likeness (QED) is 0.302. The molecule has 1 amide bonds. The first-order chi connectivity index (χ1) is 9.63. The van der Waals surface area contributed by atoms with Gasteiger partial charge in [0.15, 0.2) is 12.6 Å². The number of carbonyl (C=O) groups is 1. The number of unbranched alkanes of at least 4 members (excludes halogenated alkanes) is 1. The fourth-order valence-corrected chi connectivity index (χ4v) is 2.05. The number of hydrogen-bond acceptors (Lipinski definition) is 7. The average molecular weight is 290 g/mol. The van der Waals surface area contributed by atoms with Crippen LogP contribution in [0.3, 0.4) is 0 Å². The minimum Gasteiger partial charge on any atom is -0.387 e. The Bertz CT molecular complexity index is 329. The van der Waals surface area contributed by atoms with E-state index in [4.69, 9.17) is 19.9 Å². The van der Waals surface area contributed by atoms with Crippen LogP contribution >= 0.6 is 0 Å². The second kappa shape index (κ2) is 7.30. The maximum atomic E-state index is 11.4. The Kier molecular flexibility index (Phi) is 5.70. The number of carbonyl (C=O) groups excluding carboxylic acids is 1. The third-order valence-electron chi connectivity index (χ3n) is 3.28. The molecule has 0 spiro atoms. The van der Waals surface area contributed by atoms with Crippen LogP contribution in [-0.4, -0.2) is 66.7 Å². The molecule has 2 aliphatic rings. The van der Waals surface area contributed by atoms with Crippen LogP contribution < -0.4 is 11.1 Å². The Labute approximate surface area is 117 Å². The van der Waals surface area contributed by atoms with E-state index in [1.165, 1.54) is 0 Å². The van der Waals surface area contributed by atoms with Gasteiger partial charge < -0.3 is 35.5 Å². The molecule has 2 saturated heterocycles. The lowest BCUT2D eigenvalue weighted by molar-refractivity contribution is -0.242. The third kappa shape index (κ3) is 4.11. The molecule has 0 aromatic carbocycles. The van der Waals surface area contributed by atoms with Crippen LogP contribution in [0.15, 0.2) is 0 Å². The zero-order chi connectivity index (χ0) is 14.5. The molecule has 5 unspecified atom stereocenters. The third-order valence-corrected chi connectivity index (χ3v) is 3.28. The molecule has 0 saturated carbocycles. The van der Waals surface area contributed by atoms with E-state index in [-0.39, 0.29) is 12.5 Å². The van der Waals surface area contributed by atoms with Crippen LogP contribution in [0.2, 0.25) is 0 Å². The summed E-state index contributed by atoms with van der Waals surface area (Å²) in [7, 11) is 0. The summed E-state index contributed by atoms with van der Waals surface area (Å²) in [6.07, 6.45) is -1.98. The Morgan fingerprint density at radius 1 is 1.25 bits per heavy atom. The van der Waals surface area contributed by atoms with Crippen molar-refractivity contribution in [1.82, 2.24) is 5.32 Å². The smallest absolute Gasteiger partial charge is 0.220 e. The number of ether oxygens (including phenoxy) is 3. The fraction of sp³-hybridized carbons (Fsp3) is 0.917. The number of nitrogens with two attached hydrogens (primary N) is 1. The highest BCUT2D eigenvalue weighted by atomic mass is 16.8. The number of nitrogens with one attached hydrogen (secondary N) is 1. The van der Waals surface area contributed by atoms with Crippen LogP contribution in [0.5, 0.6) is 0 Å². The van der Waals surface area contributed by atoms with E-state index < -0.39 is 30.9 Å². The highest BCUT2D eigenvalue weighted by Gasteiger charge is 2.56. The molecule has 116 valence electrons. The summed E-state index contributed by atoms with van der Waals surface area (Å²) in [6.45, 7) is 1.09. The predicted molar refractivity (Wildman–Crippen MR) is 67.4 cm³/mol. The lowest BCUT2D eigenvalue weighted by Crippen LogP contribution is -2.49. The fourth-order valence-electron chi connectivity index (χ4n) is 2.05. The van der Waals surface area contributed by atoms with E-state index in [1.54, 1.807) is 0 Å². The van der Waals surface area contributed by atoms with Gasteiger partial charge in [-0.15, -0.1) is 0 Å². The first kappa shape index (κ1) is 15.6. The van der Waals surface area contributed by atoms with Crippen molar-refractivity contribution >= 4 is 5.91 Å². The van der Waals surface area contributed by atoms with Crippen LogP contribution in [-0.2, 0) is 19.0 Å². The summed E-state index contributed by atoms with van der Waals surface area (Å²) in [5.74, 6) is -0.0576. The standard InChI is InChI=1S/C12H22N2O6/c13-4-2-1-3-7(15)14-5-6-18-11-9(17)8(16)10-12(19-10)20-11/h8-12,16-17H,1-6,13H2,(H,14,15). The normalized spacial score (nSPS) is 35.5. The molecule has 2 heterocycles. The number of aliphatic hydroxyl groups excluding tert-OH is 2. The van der Waals surface area contributed by atoms with Crippen LogP contribution in [0, 0.1) is 0 Å². The van der Waals surface area contributed by atoms with Gasteiger partial charge in [0.1, 0.15) is 18.3 Å². The molecular weight excluding hydrogens is 268 g/mol. The molecular formula is C12H22N2O6. The molecule has 0 radical (unpaired) electrons. The van der Waals surface area contributed by atoms with Gasteiger partial charge >= 0.3 is 0 Å². The summed E-state index contributed by atoms with van der Waals surface area (Å²) < 4.78 is 15.5. The first-order valence-electron chi connectivity index (χ1n) is 6.89. The minimum atomic E-state index is -1.14. The van der Waals surface area contributed by atoms with Crippen molar-refractivity contribution in [3.05, 3.63) is 0 Å². The van der Waals surface area contributed by atoms with E-state index in [0.29, 0.717) is 19.5 Å². The van der Waals surface area contributed by atoms with E-state index in [9.17, 15) is 15.0 Å². The molecule has 0 aliphatic carbocycles. The summed E-state index contributed by atoms with van der Waals surface area (Å²) in [5.41, 5.74) is 5.34. The molecule has 8 heteroatoms. The minimum absolute atomic E-state index is 0.0576. The molecule has 8 nitrogen and oxygen atoms in total. The van der Waals surface area contributed by atoms with Crippen molar-refractivity contribution in [3.63, 3.8) is 0 Å². The Balaban J connectivity index is 1.55. The number of fused-ring (bicyclic) bond motifs is 1. The molecule has 20 heavy (non-hydrogen) atoms. The summed E-state index contributed by atoms with van der Waals surface area (Å²) in [6, 6.07) is 0. The van der Waals surface area contributed by atoms with Crippen molar-refractivity contribution < 1.29 is 29.2 Å². The van der Waals surface area contributed by atoms with Gasteiger partial charge in [-0.25, -0.2) is 0 Å². The molecule has 2 fully saturated rings. The molecule has 2 aliphatic heterocycles. The van der Waals surface area contributed by atoms with E-state index in [2.05, 4.69) is 5.32 Å². The summed E-state index contributed by atoms with van der Waals surface area (Å²) in [4.78, 5) is 11.4. The number of aliphatic hydroxyl groups is 2. The Morgan fingerprint density at radius 3 is 2.80 bits per heavy atom. The Morgan fingerprint density at radius 2 is 2.05 bits per heavy atom. The van der Waals surface area contributed by atoms with Crippen LogP contribution in [0.4, 0.5) is 0 Å². The maximum Gasteiger partial charge on any atom is 0.220 e. The predicted octanol–water partition coefficient (Wildman–Crippen LogP) is -1.95. The van der Waals surface area contributed by atoms with Crippen molar-refractivity contribution in [1.29, 1.82) is 0 Å². The van der Waals surface area contributed by atoms with Gasteiger partial charge in [-0.05, 0) is 19.4 Å². The summed E-state index contributed by atoms with van der Waals surface area (Å²) >= 11 is 0. The average Bonchev–Trinajstić information content (AvgIpc) is 3.20. The topological polar surface area (TPSA) is 127 Å². The SMILES string of the molecule is NCCCCC(=O)NCCOC1OC2OC2C(O)C1O. The zero-order valence-corrected chi connectivity index (χ0v) is 11.2. The van der Waals surface area contributed by atoms with Gasteiger partial charge in [0.05, 0.1) is 6.61 Å². The molecule has 0 aromatic heterocycles. The number of amides is 1.